The summed E-state index contributed by atoms with van der Waals surface area (Å²) in [5.74, 6) is 0.968. The van der Waals surface area contributed by atoms with Gasteiger partial charge in [-0.3, -0.25) is 9.58 Å². The van der Waals surface area contributed by atoms with Crippen LogP contribution >= 0.6 is 0 Å². The number of hydrogen-bond acceptors (Lipinski definition) is 4. The van der Waals surface area contributed by atoms with Crippen LogP contribution in [-0.2, 0) is 13.6 Å². The summed E-state index contributed by atoms with van der Waals surface area (Å²) in [6.07, 6.45) is 5.11. The molecular weight excluding hydrogens is 192 g/mol. The number of aliphatic hydroxyl groups is 1. The Kier molecular flexibility index (Phi) is 3.33. The molecule has 0 spiro atoms. The van der Waals surface area contributed by atoms with E-state index in [0.29, 0.717) is 6.04 Å². The fraction of sp³-hybridized carbons (Fsp3) is 0.800. The smallest absolute Gasteiger partial charge is 0.140 e. The molecule has 1 saturated heterocycles. The summed E-state index contributed by atoms with van der Waals surface area (Å²) in [5.41, 5.74) is 0. The first-order chi connectivity index (χ1) is 7.31. The zero-order valence-electron chi connectivity index (χ0n) is 9.13. The number of rotatable bonds is 3. The minimum Gasteiger partial charge on any atom is -0.395 e. The number of hydrogen-bond donors (Lipinski definition) is 1. The van der Waals surface area contributed by atoms with Crippen molar-refractivity contribution in [2.45, 2.75) is 31.8 Å². The minimum atomic E-state index is 0.248. The Labute approximate surface area is 89.7 Å². The Morgan fingerprint density at radius 1 is 1.53 bits per heavy atom. The second-order valence-corrected chi connectivity index (χ2v) is 4.10. The molecule has 1 aromatic rings. The summed E-state index contributed by atoms with van der Waals surface area (Å²) >= 11 is 0. The van der Waals surface area contributed by atoms with E-state index < -0.39 is 0 Å². The molecule has 1 aliphatic heterocycles. The molecule has 1 unspecified atom stereocenters. The third kappa shape index (κ3) is 2.35. The first-order valence-corrected chi connectivity index (χ1v) is 5.49. The molecule has 0 bridgehead atoms. The van der Waals surface area contributed by atoms with E-state index in [1.807, 2.05) is 7.05 Å². The van der Waals surface area contributed by atoms with Crippen molar-refractivity contribution in [1.29, 1.82) is 0 Å². The fourth-order valence-electron chi connectivity index (χ4n) is 2.12. The van der Waals surface area contributed by atoms with Gasteiger partial charge in [0.15, 0.2) is 0 Å². The lowest BCUT2D eigenvalue weighted by molar-refractivity contribution is 0.0809. The highest BCUT2D eigenvalue weighted by atomic mass is 16.3. The molecular formula is C10H18N4O. The third-order valence-electron chi connectivity index (χ3n) is 3.11. The Balaban J connectivity index is 2.00. The Hall–Kier alpha value is -0.940. The quantitative estimate of drug-likeness (QED) is 0.772. The fourth-order valence-corrected chi connectivity index (χ4v) is 2.12. The van der Waals surface area contributed by atoms with E-state index in [1.54, 1.807) is 11.0 Å². The molecule has 1 atom stereocenters. The summed E-state index contributed by atoms with van der Waals surface area (Å²) in [6.45, 7) is 2.09. The number of aliphatic hydroxyl groups excluding tert-OH is 1. The maximum absolute atomic E-state index is 9.27. The Bertz CT molecular complexity index is 312. The van der Waals surface area contributed by atoms with Crippen molar-refractivity contribution in [3.63, 3.8) is 0 Å². The molecule has 84 valence electrons. The molecule has 0 aromatic carbocycles. The number of nitrogens with zero attached hydrogens (tertiary/aromatic N) is 4. The van der Waals surface area contributed by atoms with E-state index >= 15 is 0 Å². The summed E-state index contributed by atoms with van der Waals surface area (Å²) < 4.78 is 1.79. The van der Waals surface area contributed by atoms with E-state index in [2.05, 4.69) is 15.0 Å². The lowest BCUT2D eigenvalue weighted by Crippen LogP contribution is -2.41. The molecule has 1 fully saturated rings. The van der Waals surface area contributed by atoms with Crippen LogP contribution in [-0.4, -0.2) is 44.0 Å². The predicted molar refractivity (Wildman–Crippen MR) is 56.1 cm³/mol. The first kappa shape index (κ1) is 10.6. The Morgan fingerprint density at radius 2 is 2.40 bits per heavy atom. The van der Waals surface area contributed by atoms with E-state index in [-0.39, 0.29) is 6.61 Å². The number of piperidine rings is 1. The van der Waals surface area contributed by atoms with E-state index in [4.69, 9.17) is 0 Å². The van der Waals surface area contributed by atoms with Crippen LogP contribution in [0.5, 0.6) is 0 Å². The molecule has 0 aliphatic carbocycles. The average Bonchev–Trinajstić information content (AvgIpc) is 2.65. The Morgan fingerprint density at radius 3 is 3.07 bits per heavy atom. The molecule has 2 heterocycles. The van der Waals surface area contributed by atoms with Gasteiger partial charge in [-0.25, -0.2) is 4.98 Å². The van der Waals surface area contributed by atoms with Gasteiger partial charge >= 0.3 is 0 Å². The van der Waals surface area contributed by atoms with Crippen LogP contribution < -0.4 is 0 Å². The zero-order chi connectivity index (χ0) is 10.7. The van der Waals surface area contributed by atoms with Crippen molar-refractivity contribution in [1.82, 2.24) is 19.7 Å². The summed E-state index contributed by atoms with van der Waals surface area (Å²) in [4.78, 5) is 6.51. The lowest BCUT2D eigenvalue weighted by atomic mass is 10.0. The second-order valence-electron chi connectivity index (χ2n) is 4.10. The normalized spacial score (nSPS) is 23.2. The summed E-state index contributed by atoms with van der Waals surface area (Å²) in [5, 5.41) is 13.3. The van der Waals surface area contributed by atoms with Gasteiger partial charge in [0.05, 0.1) is 13.2 Å². The maximum atomic E-state index is 9.27. The summed E-state index contributed by atoms with van der Waals surface area (Å²) in [6, 6.07) is 0.301. The monoisotopic (exact) mass is 210 g/mol. The van der Waals surface area contributed by atoms with Crippen LogP contribution in [0.2, 0.25) is 0 Å². The molecule has 0 saturated carbocycles. The van der Waals surface area contributed by atoms with Gasteiger partial charge in [-0.15, -0.1) is 0 Å². The number of likely N-dealkylation sites (tertiary alicyclic amines) is 1. The van der Waals surface area contributed by atoms with E-state index in [0.717, 1.165) is 25.3 Å². The third-order valence-corrected chi connectivity index (χ3v) is 3.11. The molecule has 0 amide bonds. The second kappa shape index (κ2) is 4.72. The van der Waals surface area contributed by atoms with Crippen molar-refractivity contribution in [2.75, 3.05) is 13.2 Å². The van der Waals surface area contributed by atoms with E-state index in [1.165, 1.54) is 12.8 Å². The van der Waals surface area contributed by atoms with Gasteiger partial charge in [0.1, 0.15) is 12.2 Å². The molecule has 5 nitrogen and oxygen atoms in total. The SMILES string of the molecule is Cn1ncnc1CN1CCCCC1CO. The van der Waals surface area contributed by atoms with Crippen molar-refractivity contribution in [2.24, 2.45) is 7.05 Å². The average molecular weight is 210 g/mol. The molecule has 0 radical (unpaired) electrons. The number of aromatic nitrogens is 3. The summed E-state index contributed by atoms with van der Waals surface area (Å²) in [7, 11) is 1.90. The first-order valence-electron chi connectivity index (χ1n) is 5.49. The highest BCUT2D eigenvalue weighted by Crippen LogP contribution is 2.18. The largest absolute Gasteiger partial charge is 0.395 e. The molecule has 1 N–H and O–H groups in total. The van der Waals surface area contributed by atoms with Crippen LogP contribution in [0.25, 0.3) is 0 Å². The van der Waals surface area contributed by atoms with Gasteiger partial charge in [-0.1, -0.05) is 6.42 Å². The molecule has 1 aromatic heterocycles. The zero-order valence-corrected chi connectivity index (χ0v) is 9.13. The van der Waals surface area contributed by atoms with Crippen molar-refractivity contribution < 1.29 is 5.11 Å². The van der Waals surface area contributed by atoms with Gasteiger partial charge in [-0.2, -0.15) is 5.10 Å². The van der Waals surface area contributed by atoms with Crippen LogP contribution in [0, 0.1) is 0 Å². The van der Waals surface area contributed by atoms with Crippen molar-refractivity contribution in [3.8, 4) is 0 Å². The van der Waals surface area contributed by atoms with Crippen LogP contribution in [0.3, 0.4) is 0 Å². The number of aryl methyl sites for hydroxylation is 1. The van der Waals surface area contributed by atoms with Gasteiger partial charge in [0.25, 0.3) is 0 Å². The van der Waals surface area contributed by atoms with Gasteiger partial charge in [-0.05, 0) is 19.4 Å². The van der Waals surface area contributed by atoms with Crippen LogP contribution in [0.4, 0.5) is 0 Å². The molecule has 15 heavy (non-hydrogen) atoms. The highest BCUT2D eigenvalue weighted by Gasteiger charge is 2.22. The standard InChI is InChI=1S/C10H18N4O/c1-13-10(11-8-12-13)6-14-5-3-2-4-9(14)7-15/h8-9,15H,2-7H2,1H3. The highest BCUT2D eigenvalue weighted by molar-refractivity contribution is 4.87. The predicted octanol–water partition coefficient (Wildman–Crippen LogP) is 0.162. The maximum Gasteiger partial charge on any atom is 0.140 e. The molecule has 1 aliphatic rings. The van der Waals surface area contributed by atoms with Crippen molar-refractivity contribution >= 4 is 0 Å². The van der Waals surface area contributed by atoms with Gasteiger partial charge in [0.2, 0.25) is 0 Å². The van der Waals surface area contributed by atoms with E-state index in [9.17, 15) is 5.11 Å². The van der Waals surface area contributed by atoms with Crippen LogP contribution in [0.15, 0.2) is 6.33 Å². The topological polar surface area (TPSA) is 54.2 Å². The minimum absolute atomic E-state index is 0.248. The van der Waals surface area contributed by atoms with Crippen molar-refractivity contribution in [3.05, 3.63) is 12.2 Å². The van der Waals surface area contributed by atoms with Crippen LogP contribution in [0.1, 0.15) is 25.1 Å². The van der Waals surface area contributed by atoms with Gasteiger partial charge < -0.3 is 5.11 Å². The molecule has 5 heteroatoms. The van der Waals surface area contributed by atoms with Gasteiger partial charge in [0, 0.05) is 13.1 Å². The lowest BCUT2D eigenvalue weighted by Gasteiger charge is -2.33. The molecule has 2 rings (SSSR count).